The Kier molecular flexibility index (Phi) is 5.88. The molecule has 0 aromatic heterocycles. The first-order valence-electron chi connectivity index (χ1n) is 6.12. The van der Waals surface area contributed by atoms with Crippen LogP contribution in [0, 0.1) is 0 Å². The highest BCUT2D eigenvalue weighted by Crippen LogP contribution is 2.30. The van der Waals surface area contributed by atoms with E-state index in [2.05, 4.69) is 4.72 Å². The molecular weight excluding hydrogens is 278 g/mol. The molecule has 1 N–H and O–H groups in total. The van der Waals surface area contributed by atoms with Crippen molar-refractivity contribution in [1.82, 2.24) is 4.72 Å². The number of carbonyl (C=O) groups is 1. The molecule has 1 fully saturated rings. The lowest BCUT2D eigenvalue weighted by Gasteiger charge is -2.34. The van der Waals surface area contributed by atoms with E-state index in [-0.39, 0.29) is 11.6 Å². The summed E-state index contributed by atoms with van der Waals surface area (Å²) < 4.78 is 31.1. The summed E-state index contributed by atoms with van der Waals surface area (Å²) in [5.74, 6) is -0.266. The Balaban J connectivity index is 2.81. The number of carbonyl (C=O) groups excluding carboxylic acids is 1. The van der Waals surface area contributed by atoms with Gasteiger partial charge in [0.25, 0.3) is 0 Å². The van der Waals surface area contributed by atoms with Crippen LogP contribution in [-0.2, 0) is 19.6 Å². The summed E-state index contributed by atoms with van der Waals surface area (Å²) in [6.07, 6.45) is 4.04. The van der Waals surface area contributed by atoms with Gasteiger partial charge in [0.1, 0.15) is 5.54 Å². The Morgan fingerprint density at radius 1 is 1.33 bits per heavy atom. The van der Waals surface area contributed by atoms with E-state index in [4.69, 9.17) is 16.3 Å². The molecule has 1 saturated carbocycles. The average molecular weight is 298 g/mol. The van der Waals surface area contributed by atoms with Crippen LogP contribution in [0.2, 0.25) is 0 Å². The van der Waals surface area contributed by atoms with Crippen LogP contribution in [0.5, 0.6) is 0 Å². The van der Waals surface area contributed by atoms with Crippen molar-refractivity contribution in [3.63, 3.8) is 0 Å². The van der Waals surface area contributed by atoms with Gasteiger partial charge in [-0.1, -0.05) is 19.3 Å². The fraction of sp³-hybridized carbons (Fsp3) is 0.909. The third-order valence-corrected chi connectivity index (χ3v) is 4.98. The molecule has 18 heavy (non-hydrogen) atoms. The van der Waals surface area contributed by atoms with E-state index < -0.39 is 21.5 Å². The molecule has 0 unspecified atom stereocenters. The van der Waals surface area contributed by atoms with Crippen LogP contribution in [0.25, 0.3) is 0 Å². The van der Waals surface area contributed by atoms with Crippen LogP contribution in [0.15, 0.2) is 0 Å². The Morgan fingerprint density at radius 2 is 1.94 bits per heavy atom. The first-order chi connectivity index (χ1) is 8.46. The summed E-state index contributed by atoms with van der Waals surface area (Å²) in [7, 11) is -2.21. The number of methoxy groups -OCH3 is 1. The van der Waals surface area contributed by atoms with E-state index in [9.17, 15) is 13.2 Å². The molecule has 0 saturated heterocycles. The molecule has 0 heterocycles. The van der Waals surface area contributed by atoms with E-state index >= 15 is 0 Å². The maximum atomic E-state index is 11.9. The summed E-state index contributed by atoms with van der Waals surface area (Å²) in [5.41, 5.74) is -1.07. The second kappa shape index (κ2) is 6.73. The monoisotopic (exact) mass is 297 g/mol. The fourth-order valence-corrected chi connectivity index (χ4v) is 4.09. The number of sulfonamides is 1. The van der Waals surface area contributed by atoms with Crippen LogP contribution in [0.4, 0.5) is 0 Å². The zero-order valence-electron chi connectivity index (χ0n) is 10.6. The minimum absolute atomic E-state index is 0.0603. The minimum Gasteiger partial charge on any atom is -0.468 e. The first kappa shape index (κ1) is 15.7. The number of esters is 1. The molecule has 0 bridgehead atoms. The van der Waals surface area contributed by atoms with E-state index in [1.54, 1.807) is 0 Å². The van der Waals surface area contributed by atoms with Crippen molar-refractivity contribution in [3.05, 3.63) is 0 Å². The number of ether oxygens (including phenoxy) is 1. The Bertz CT molecular complexity index is 377. The van der Waals surface area contributed by atoms with Crippen molar-refractivity contribution in [2.45, 2.75) is 44.1 Å². The zero-order chi connectivity index (χ0) is 13.6. The van der Waals surface area contributed by atoms with Gasteiger partial charge in [-0.3, -0.25) is 4.79 Å². The van der Waals surface area contributed by atoms with Crippen molar-refractivity contribution < 1.29 is 17.9 Å². The predicted molar refractivity (Wildman–Crippen MR) is 70.1 cm³/mol. The minimum atomic E-state index is -3.49. The first-order valence-corrected chi connectivity index (χ1v) is 8.30. The van der Waals surface area contributed by atoms with Crippen molar-refractivity contribution in [2.75, 3.05) is 18.7 Å². The van der Waals surface area contributed by atoms with E-state index in [1.807, 2.05) is 0 Å². The summed E-state index contributed by atoms with van der Waals surface area (Å²) in [6, 6.07) is 0. The van der Waals surface area contributed by atoms with Gasteiger partial charge in [0, 0.05) is 5.88 Å². The van der Waals surface area contributed by atoms with Gasteiger partial charge in [-0.15, -0.1) is 11.6 Å². The van der Waals surface area contributed by atoms with Gasteiger partial charge in [0.2, 0.25) is 10.0 Å². The lowest BCUT2D eigenvalue weighted by Crippen LogP contribution is -2.56. The maximum Gasteiger partial charge on any atom is 0.327 e. The smallest absolute Gasteiger partial charge is 0.327 e. The third-order valence-electron chi connectivity index (χ3n) is 3.18. The van der Waals surface area contributed by atoms with Gasteiger partial charge in [-0.05, 0) is 19.3 Å². The summed E-state index contributed by atoms with van der Waals surface area (Å²) in [5, 5.41) is 0. The Morgan fingerprint density at radius 3 is 2.44 bits per heavy atom. The maximum absolute atomic E-state index is 11.9. The van der Waals surface area contributed by atoms with Gasteiger partial charge in [0.15, 0.2) is 0 Å². The molecule has 0 amide bonds. The summed E-state index contributed by atoms with van der Waals surface area (Å²) >= 11 is 5.49. The third kappa shape index (κ3) is 4.10. The molecule has 0 atom stereocenters. The number of hydrogen-bond acceptors (Lipinski definition) is 4. The molecule has 1 rings (SSSR count). The lowest BCUT2D eigenvalue weighted by molar-refractivity contribution is -0.149. The highest BCUT2D eigenvalue weighted by atomic mass is 35.5. The normalized spacial score (nSPS) is 19.4. The molecule has 0 aliphatic heterocycles. The molecule has 0 aromatic carbocycles. The lowest BCUT2D eigenvalue weighted by atomic mass is 9.83. The van der Waals surface area contributed by atoms with E-state index in [0.29, 0.717) is 19.3 Å². The zero-order valence-corrected chi connectivity index (χ0v) is 12.1. The molecule has 5 nitrogen and oxygen atoms in total. The van der Waals surface area contributed by atoms with Crippen LogP contribution >= 0.6 is 11.6 Å². The summed E-state index contributed by atoms with van der Waals surface area (Å²) in [4.78, 5) is 11.9. The molecule has 106 valence electrons. The standard InChI is InChI=1S/C11H20ClNO4S/c1-17-10(14)11(6-3-2-4-7-11)13-18(15,16)9-5-8-12/h13H,2-9H2,1H3. The Labute approximate surface area is 113 Å². The van der Waals surface area contributed by atoms with Gasteiger partial charge in [0.05, 0.1) is 12.9 Å². The molecule has 0 radical (unpaired) electrons. The van der Waals surface area contributed by atoms with Gasteiger partial charge in [-0.2, -0.15) is 4.72 Å². The highest BCUT2D eigenvalue weighted by molar-refractivity contribution is 7.89. The number of rotatable bonds is 6. The second-order valence-corrected chi connectivity index (χ2v) is 6.82. The van der Waals surface area contributed by atoms with Crippen LogP contribution in [0.1, 0.15) is 38.5 Å². The van der Waals surface area contributed by atoms with Gasteiger partial charge < -0.3 is 4.74 Å². The molecule has 1 aliphatic rings. The molecule has 0 aromatic rings. The van der Waals surface area contributed by atoms with E-state index in [1.165, 1.54) is 7.11 Å². The van der Waals surface area contributed by atoms with Crippen molar-refractivity contribution in [1.29, 1.82) is 0 Å². The van der Waals surface area contributed by atoms with Crippen LogP contribution < -0.4 is 4.72 Å². The molecule has 1 aliphatic carbocycles. The van der Waals surface area contributed by atoms with Crippen LogP contribution in [0.3, 0.4) is 0 Å². The number of nitrogens with one attached hydrogen (secondary N) is 1. The average Bonchev–Trinajstić information content (AvgIpc) is 2.36. The SMILES string of the molecule is COC(=O)C1(NS(=O)(=O)CCCCl)CCCCC1. The van der Waals surface area contributed by atoms with E-state index in [0.717, 1.165) is 19.3 Å². The predicted octanol–water partition coefficient (Wildman–Crippen LogP) is 1.41. The van der Waals surface area contributed by atoms with Crippen molar-refractivity contribution >= 4 is 27.6 Å². The Hall–Kier alpha value is -0.330. The highest BCUT2D eigenvalue weighted by Gasteiger charge is 2.43. The summed E-state index contributed by atoms with van der Waals surface area (Å²) in [6.45, 7) is 0. The largest absolute Gasteiger partial charge is 0.468 e. The van der Waals surface area contributed by atoms with Crippen molar-refractivity contribution in [2.24, 2.45) is 0 Å². The molecule has 0 spiro atoms. The van der Waals surface area contributed by atoms with Gasteiger partial charge in [-0.25, -0.2) is 8.42 Å². The topological polar surface area (TPSA) is 72.5 Å². The quantitative estimate of drug-likeness (QED) is 0.594. The second-order valence-electron chi connectivity index (χ2n) is 4.60. The van der Waals surface area contributed by atoms with Crippen molar-refractivity contribution in [3.8, 4) is 0 Å². The molecule has 7 heteroatoms. The number of alkyl halides is 1. The fourth-order valence-electron chi connectivity index (χ4n) is 2.29. The molecular formula is C11H20ClNO4S. The van der Waals surface area contributed by atoms with Crippen LogP contribution in [-0.4, -0.2) is 38.7 Å². The number of halogens is 1. The van der Waals surface area contributed by atoms with Gasteiger partial charge >= 0.3 is 5.97 Å². The number of hydrogen-bond donors (Lipinski definition) is 1.